The van der Waals surface area contributed by atoms with E-state index in [0.717, 1.165) is 62.3 Å². The molecule has 0 spiro atoms. The van der Waals surface area contributed by atoms with Gasteiger partial charge in [-0.25, -0.2) is 15.0 Å². The summed E-state index contributed by atoms with van der Waals surface area (Å²) in [5.41, 5.74) is 1.30. The van der Waals surface area contributed by atoms with Gasteiger partial charge >= 0.3 is 0 Å². The monoisotopic (exact) mass is 403 g/mol. The van der Waals surface area contributed by atoms with Gasteiger partial charge in [-0.2, -0.15) is 0 Å². The molecule has 0 bridgehead atoms. The summed E-state index contributed by atoms with van der Waals surface area (Å²) >= 11 is 3.48. The van der Waals surface area contributed by atoms with E-state index in [0.29, 0.717) is 0 Å². The number of aryl methyl sites for hydroxylation is 2. The lowest BCUT2D eigenvalue weighted by molar-refractivity contribution is 0.0331. The van der Waals surface area contributed by atoms with E-state index in [1.807, 2.05) is 11.6 Å². The van der Waals surface area contributed by atoms with Crippen LogP contribution < -0.4 is 4.90 Å². The van der Waals surface area contributed by atoms with Gasteiger partial charge in [-0.1, -0.05) is 0 Å². The molecule has 0 atom stereocenters. The average molecular weight is 404 g/mol. The molecule has 0 radical (unpaired) electrons. The van der Waals surface area contributed by atoms with Crippen LogP contribution in [0.1, 0.15) is 21.3 Å². The number of thiophene rings is 1. The second-order valence-electron chi connectivity index (χ2n) is 6.91. The molecule has 0 aliphatic carbocycles. The molecule has 0 saturated carbocycles. The average Bonchev–Trinajstić information content (AvgIpc) is 3.28. The maximum Gasteiger partial charge on any atom is 0.146 e. The number of anilines is 1. The Kier molecular flexibility index (Phi) is 5.68. The highest BCUT2D eigenvalue weighted by atomic mass is 32.1. The highest BCUT2D eigenvalue weighted by molar-refractivity contribution is 7.18. The van der Waals surface area contributed by atoms with Crippen LogP contribution in [0.4, 0.5) is 5.82 Å². The van der Waals surface area contributed by atoms with Crippen molar-refractivity contribution in [3.63, 3.8) is 0 Å². The van der Waals surface area contributed by atoms with Gasteiger partial charge in [0.1, 0.15) is 16.5 Å². The number of aromatic nitrogens is 3. The molecule has 0 aromatic carbocycles. The van der Waals surface area contributed by atoms with E-state index < -0.39 is 0 Å². The summed E-state index contributed by atoms with van der Waals surface area (Å²) in [5, 5.41) is 4.40. The lowest BCUT2D eigenvalue weighted by atomic mass is 10.2. The van der Waals surface area contributed by atoms with Crippen LogP contribution in [-0.4, -0.2) is 59.7 Å². The van der Waals surface area contributed by atoms with Gasteiger partial charge in [0.15, 0.2) is 0 Å². The molecule has 3 aromatic heterocycles. The van der Waals surface area contributed by atoms with Gasteiger partial charge in [0, 0.05) is 49.6 Å². The molecule has 4 heterocycles. The van der Waals surface area contributed by atoms with Gasteiger partial charge in [-0.15, -0.1) is 22.7 Å². The van der Waals surface area contributed by atoms with Crippen LogP contribution in [0.15, 0.2) is 11.6 Å². The molecule has 27 heavy (non-hydrogen) atoms. The van der Waals surface area contributed by atoms with Crippen LogP contribution >= 0.6 is 22.7 Å². The van der Waals surface area contributed by atoms with Gasteiger partial charge in [-0.05, 0) is 19.4 Å². The van der Waals surface area contributed by atoms with E-state index in [-0.39, 0.29) is 0 Å². The van der Waals surface area contributed by atoms with Gasteiger partial charge < -0.3 is 9.64 Å². The number of thiazole rings is 1. The van der Waals surface area contributed by atoms with E-state index in [1.165, 1.54) is 20.8 Å². The first kappa shape index (κ1) is 18.7. The zero-order valence-corrected chi connectivity index (χ0v) is 17.7. The first-order valence-corrected chi connectivity index (χ1v) is 11.0. The maximum absolute atomic E-state index is 5.46. The van der Waals surface area contributed by atoms with E-state index >= 15 is 0 Å². The van der Waals surface area contributed by atoms with E-state index in [9.17, 15) is 0 Å². The lowest BCUT2D eigenvalue weighted by Crippen LogP contribution is -2.36. The third-order valence-electron chi connectivity index (χ3n) is 5.03. The summed E-state index contributed by atoms with van der Waals surface area (Å²) in [6, 6.07) is 0. The predicted molar refractivity (Wildman–Crippen MR) is 112 cm³/mol. The number of morpholine rings is 1. The van der Waals surface area contributed by atoms with Crippen molar-refractivity contribution >= 4 is 38.7 Å². The molecular formula is C19H25N5OS2. The molecule has 144 valence electrons. The molecule has 1 fully saturated rings. The van der Waals surface area contributed by atoms with Crippen molar-refractivity contribution in [2.75, 3.05) is 44.8 Å². The number of hydrogen-bond donors (Lipinski definition) is 0. The molecule has 1 saturated heterocycles. The van der Waals surface area contributed by atoms with Gasteiger partial charge in [-0.3, -0.25) is 4.90 Å². The zero-order chi connectivity index (χ0) is 18.8. The summed E-state index contributed by atoms with van der Waals surface area (Å²) in [6.45, 7) is 9.49. The van der Waals surface area contributed by atoms with Crippen LogP contribution in [0.25, 0.3) is 10.2 Å². The number of fused-ring (bicyclic) bond motifs is 1. The quantitative estimate of drug-likeness (QED) is 0.630. The largest absolute Gasteiger partial charge is 0.379 e. The topological polar surface area (TPSA) is 54.4 Å². The Morgan fingerprint density at radius 3 is 2.78 bits per heavy atom. The standard InChI is InChI=1S/C19H25N5OS2/c1-13-14(2)27-19-17(13)18(23(3)6-4-16-20-5-11-26-16)21-15(22-19)12-24-7-9-25-10-8-24/h5,11H,4,6-10,12H2,1-3H3. The molecule has 1 aliphatic rings. The fourth-order valence-electron chi connectivity index (χ4n) is 3.32. The fraction of sp³-hybridized carbons (Fsp3) is 0.526. The molecule has 0 amide bonds. The van der Waals surface area contributed by atoms with Crippen molar-refractivity contribution in [1.29, 1.82) is 0 Å². The second kappa shape index (κ2) is 8.18. The van der Waals surface area contributed by atoms with Crippen molar-refractivity contribution in [2.45, 2.75) is 26.8 Å². The van der Waals surface area contributed by atoms with Crippen LogP contribution in [0.3, 0.4) is 0 Å². The molecule has 1 aliphatic heterocycles. The Labute approximate surface area is 167 Å². The summed E-state index contributed by atoms with van der Waals surface area (Å²) < 4.78 is 5.46. The summed E-state index contributed by atoms with van der Waals surface area (Å²) in [6.07, 6.45) is 2.80. The summed E-state index contributed by atoms with van der Waals surface area (Å²) in [4.78, 5) is 21.3. The van der Waals surface area contributed by atoms with E-state index in [2.05, 4.69) is 35.7 Å². The highest BCUT2D eigenvalue weighted by Gasteiger charge is 2.19. The van der Waals surface area contributed by atoms with Crippen LogP contribution in [0, 0.1) is 13.8 Å². The smallest absolute Gasteiger partial charge is 0.146 e. The molecule has 0 unspecified atom stereocenters. The minimum absolute atomic E-state index is 0.780. The Balaban J connectivity index is 1.63. The highest BCUT2D eigenvalue weighted by Crippen LogP contribution is 2.35. The third-order valence-corrected chi connectivity index (χ3v) is 6.97. The number of likely N-dealkylation sites (N-methyl/N-ethyl adjacent to an activating group) is 1. The normalized spacial score (nSPS) is 15.5. The Hall–Kier alpha value is -1.61. The molecular weight excluding hydrogens is 378 g/mol. The molecule has 3 aromatic rings. The van der Waals surface area contributed by atoms with Crippen molar-refractivity contribution in [1.82, 2.24) is 19.9 Å². The first-order chi connectivity index (χ1) is 13.1. The van der Waals surface area contributed by atoms with Crippen LogP contribution in [-0.2, 0) is 17.7 Å². The van der Waals surface area contributed by atoms with Gasteiger partial charge in [0.05, 0.1) is 30.2 Å². The molecule has 0 N–H and O–H groups in total. The lowest BCUT2D eigenvalue weighted by Gasteiger charge is -2.26. The number of rotatable bonds is 6. The minimum atomic E-state index is 0.780. The van der Waals surface area contributed by atoms with Crippen molar-refractivity contribution < 1.29 is 4.74 Å². The minimum Gasteiger partial charge on any atom is -0.379 e. The number of ether oxygens (including phenoxy) is 1. The zero-order valence-electron chi connectivity index (χ0n) is 16.1. The van der Waals surface area contributed by atoms with Gasteiger partial charge in [0.2, 0.25) is 0 Å². The van der Waals surface area contributed by atoms with Crippen molar-refractivity contribution in [3.05, 3.63) is 32.8 Å². The van der Waals surface area contributed by atoms with Crippen LogP contribution in [0.2, 0.25) is 0 Å². The number of hydrogen-bond acceptors (Lipinski definition) is 8. The molecule has 6 nitrogen and oxygen atoms in total. The van der Waals surface area contributed by atoms with Crippen LogP contribution in [0.5, 0.6) is 0 Å². The van der Waals surface area contributed by atoms with E-state index in [1.54, 1.807) is 22.7 Å². The van der Waals surface area contributed by atoms with Crippen molar-refractivity contribution in [2.24, 2.45) is 0 Å². The summed E-state index contributed by atoms with van der Waals surface area (Å²) in [5.74, 6) is 1.95. The first-order valence-electron chi connectivity index (χ1n) is 9.28. The third kappa shape index (κ3) is 4.13. The summed E-state index contributed by atoms with van der Waals surface area (Å²) in [7, 11) is 2.13. The Morgan fingerprint density at radius 1 is 1.22 bits per heavy atom. The van der Waals surface area contributed by atoms with Gasteiger partial charge in [0.25, 0.3) is 0 Å². The van der Waals surface area contributed by atoms with E-state index in [4.69, 9.17) is 14.7 Å². The Bertz CT molecular complexity index is 903. The molecule has 4 rings (SSSR count). The fourth-order valence-corrected chi connectivity index (χ4v) is 4.98. The predicted octanol–water partition coefficient (Wildman–Crippen LogP) is 3.28. The molecule has 8 heteroatoms. The number of nitrogens with zero attached hydrogens (tertiary/aromatic N) is 5. The maximum atomic E-state index is 5.46. The SMILES string of the molecule is Cc1sc2nc(CN3CCOCC3)nc(N(C)CCc3nccs3)c2c1C. The van der Waals surface area contributed by atoms with Crippen molar-refractivity contribution in [3.8, 4) is 0 Å². The second-order valence-corrected chi connectivity index (χ2v) is 9.10. The Morgan fingerprint density at radius 2 is 2.04 bits per heavy atom.